The molecule has 4 atom stereocenters. The zero-order chi connectivity index (χ0) is 11.0. The Hall–Kier alpha value is -0.600. The molecule has 1 nitrogen and oxygen atoms in total. The van der Waals surface area contributed by atoms with Crippen molar-refractivity contribution >= 4 is 11.3 Å². The molecule has 1 aromatic heterocycles. The van der Waals surface area contributed by atoms with E-state index >= 15 is 0 Å². The molecule has 2 aliphatic rings. The molecule has 2 heteroatoms. The van der Waals surface area contributed by atoms with Crippen LogP contribution in [0.3, 0.4) is 0 Å². The Bertz CT molecular complexity index is 368. The number of thiophene rings is 1. The van der Waals surface area contributed by atoms with Gasteiger partial charge in [0.25, 0.3) is 0 Å². The van der Waals surface area contributed by atoms with Crippen molar-refractivity contribution in [2.24, 2.45) is 17.8 Å². The van der Waals surface area contributed by atoms with Crippen LogP contribution in [0, 0.1) is 17.8 Å². The number of hydrogen-bond donors (Lipinski definition) is 1. The Balaban J connectivity index is 1.52. The molecule has 1 aromatic rings. The summed E-state index contributed by atoms with van der Waals surface area (Å²) in [5, 5.41) is 5.85. The summed E-state index contributed by atoms with van der Waals surface area (Å²) in [6.45, 7) is 3.46. The molecular weight excluding hydrogens is 214 g/mol. The minimum absolute atomic E-state index is 0.517. The second-order valence-electron chi connectivity index (χ2n) is 5.19. The number of rotatable bonds is 4. The first kappa shape index (κ1) is 10.5. The summed E-state index contributed by atoms with van der Waals surface area (Å²) in [4.78, 5) is 1.46. The molecule has 0 aliphatic heterocycles. The molecule has 1 heterocycles. The molecule has 1 saturated carbocycles. The van der Waals surface area contributed by atoms with Crippen molar-refractivity contribution in [2.45, 2.75) is 25.8 Å². The predicted molar refractivity (Wildman–Crippen MR) is 69.6 cm³/mol. The van der Waals surface area contributed by atoms with E-state index < -0.39 is 0 Å². The average molecular weight is 233 g/mol. The number of nitrogens with one attached hydrogen (secondary N) is 1. The molecule has 2 bridgehead atoms. The third-order valence-electron chi connectivity index (χ3n) is 4.07. The van der Waals surface area contributed by atoms with Gasteiger partial charge in [-0.3, -0.25) is 0 Å². The van der Waals surface area contributed by atoms with E-state index in [-0.39, 0.29) is 0 Å². The van der Waals surface area contributed by atoms with Crippen molar-refractivity contribution in [1.29, 1.82) is 0 Å². The molecule has 86 valence electrons. The molecule has 1 N–H and O–H groups in total. The number of fused-ring (bicyclic) bond motifs is 2. The Kier molecular flexibility index (Phi) is 2.86. The molecule has 16 heavy (non-hydrogen) atoms. The topological polar surface area (TPSA) is 12.0 Å². The van der Waals surface area contributed by atoms with Gasteiger partial charge in [-0.25, -0.2) is 0 Å². The standard InChI is InChI=1S/C14H19NS/c1-10(14-3-2-6-16-14)15-9-13-8-11-4-5-12(13)7-11/h2-6,10-13,15H,7-9H2,1H3. The molecule has 2 aliphatic carbocycles. The number of allylic oxidation sites excluding steroid dienone is 2. The summed E-state index contributed by atoms with van der Waals surface area (Å²) in [7, 11) is 0. The Morgan fingerprint density at radius 2 is 2.38 bits per heavy atom. The van der Waals surface area contributed by atoms with Crippen LogP contribution in [0.5, 0.6) is 0 Å². The van der Waals surface area contributed by atoms with Crippen molar-refractivity contribution in [3.8, 4) is 0 Å². The lowest BCUT2D eigenvalue weighted by Crippen LogP contribution is -2.27. The molecule has 0 aromatic carbocycles. The lowest BCUT2D eigenvalue weighted by atomic mass is 9.93. The molecular formula is C14H19NS. The summed E-state index contributed by atoms with van der Waals surface area (Å²) >= 11 is 1.85. The van der Waals surface area contributed by atoms with Gasteiger partial charge in [-0.1, -0.05) is 18.2 Å². The van der Waals surface area contributed by atoms with Crippen LogP contribution >= 0.6 is 11.3 Å². The molecule has 1 fully saturated rings. The minimum Gasteiger partial charge on any atom is -0.309 e. The highest BCUT2D eigenvalue weighted by atomic mass is 32.1. The van der Waals surface area contributed by atoms with E-state index in [1.54, 1.807) is 0 Å². The number of hydrogen-bond acceptors (Lipinski definition) is 2. The smallest absolute Gasteiger partial charge is 0.0386 e. The lowest BCUT2D eigenvalue weighted by Gasteiger charge is -2.21. The summed E-state index contributed by atoms with van der Waals surface area (Å²) in [6, 6.07) is 4.88. The van der Waals surface area contributed by atoms with Gasteiger partial charge >= 0.3 is 0 Å². The van der Waals surface area contributed by atoms with Crippen molar-refractivity contribution < 1.29 is 0 Å². The molecule has 3 rings (SSSR count). The van der Waals surface area contributed by atoms with E-state index in [4.69, 9.17) is 0 Å². The molecule has 0 saturated heterocycles. The van der Waals surface area contributed by atoms with Crippen LogP contribution in [0.1, 0.15) is 30.7 Å². The third-order valence-corrected chi connectivity index (χ3v) is 5.13. The van der Waals surface area contributed by atoms with Crippen molar-refractivity contribution in [2.75, 3.05) is 6.54 Å². The maximum absolute atomic E-state index is 3.69. The zero-order valence-corrected chi connectivity index (χ0v) is 10.5. The van der Waals surface area contributed by atoms with E-state index in [1.165, 1.54) is 24.3 Å². The summed E-state index contributed by atoms with van der Waals surface area (Å²) in [5.74, 6) is 2.65. The van der Waals surface area contributed by atoms with Gasteiger partial charge in [-0.15, -0.1) is 11.3 Å². The first-order valence-corrected chi connectivity index (χ1v) is 7.16. The highest BCUT2D eigenvalue weighted by molar-refractivity contribution is 7.10. The maximum Gasteiger partial charge on any atom is 0.0386 e. The zero-order valence-electron chi connectivity index (χ0n) is 9.73. The largest absolute Gasteiger partial charge is 0.309 e. The fourth-order valence-corrected chi connectivity index (χ4v) is 3.85. The van der Waals surface area contributed by atoms with E-state index in [0.717, 1.165) is 17.8 Å². The second-order valence-corrected chi connectivity index (χ2v) is 6.16. The van der Waals surface area contributed by atoms with Gasteiger partial charge < -0.3 is 5.32 Å². The highest BCUT2D eigenvalue weighted by Gasteiger charge is 2.35. The molecule has 0 amide bonds. The normalized spacial score (nSPS) is 33.4. The first-order valence-electron chi connectivity index (χ1n) is 6.28. The summed E-state index contributed by atoms with van der Waals surface area (Å²) in [6.07, 6.45) is 7.69. The van der Waals surface area contributed by atoms with Gasteiger partial charge in [-0.05, 0) is 55.5 Å². The van der Waals surface area contributed by atoms with Crippen molar-refractivity contribution in [3.05, 3.63) is 34.5 Å². The average Bonchev–Trinajstić information content (AvgIpc) is 3.01. The Morgan fingerprint density at radius 1 is 1.44 bits per heavy atom. The van der Waals surface area contributed by atoms with Crippen LogP contribution in [0.15, 0.2) is 29.7 Å². The lowest BCUT2D eigenvalue weighted by molar-refractivity contribution is 0.394. The van der Waals surface area contributed by atoms with Crippen molar-refractivity contribution in [1.82, 2.24) is 5.32 Å². The van der Waals surface area contributed by atoms with Gasteiger partial charge in [0.1, 0.15) is 0 Å². The second kappa shape index (κ2) is 4.34. The van der Waals surface area contributed by atoms with Crippen LogP contribution in [0.2, 0.25) is 0 Å². The molecule has 4 unspecified atom stereocenters. The first-order chi connectivity index (χ1) is 7.83. The van der Waals surface area contributed by atoms with E-state index in [0.29, 0.717) is 6.04 Å². The summed E-state index contributed by atoms with van der Waals surface area (Å²) < 4.78 is 0. The van der Waals surface area contributed by atoms with Gasteiger partial charge in [0.05, 0.1) is 0 Å². The van der Waals surface area contributed by atoms with E-state index in [9.17, 15) is 0 Å². The maximum atomic E-state index is 3.69. The predicted octanol–water partition coefficient (Wildman–Crippen LogP) is 3.61. The van der Waals surface area contributed by atoms with E-state index in [1.807, 2.05) is 11.3 Å². The van der Waals surface area contributed by atoms with Crippen LogP contribution in [-0.2, 0) is 0 Å². The van der Waals surface area contributed by atoms with Crippen molar-refractivity contribution in [3.63, 3.8) is 0 Å². The molecule has 0 radical (unpaired) electrons. The molecule has 0 spiro atoms. The third kappa shape index (κ3) is 1.96. The van der Waals surface area contributed by atoms with Crippen LogP contribution in [-0.4, -0.2) is 6.54 Å². The van der Waals surface area contributed by atoms with Gasteiger partial charge in [-0.2, -0.15) is 0 Å². The Morgan fingerprint density at radius 3 is 3.00 bits per heavy atom. The van der Waals surface area contributed by atoms with Gasteiger partial charge in [0.15, 0.2) is 0 Å². The van der Waals surface area contributed by atoms with Gasteiger partial charge in [0.2, 0.25) is 0 Å². The Labute approximate surface area is 102 Å². The van der Waals surface area contributed by atoms with Gasteiger partial charge in [0, 0.05) is 10.9 Å². The van der Waals surface area contributed by atoms with E-state index in [2.05, 4.69) is 41.9 Å². The van der Waals surface area contributed by atoms with Crippen LogP contribution in [0.4, 0.5) is 0 Å². The fraction of sp³-hybridized carbons (Fsp3) is 0.571. The van der Waals surface area contributed by atoms with Crippen LogP contribution < -0.4 is 5.32 Å². The SMILES string of the molecule is CC(NCC1CC2C=CC1C2)c1cccs1. The summed E-state index contributed by atoms with van der Waals surface area (Å²) in [5.41, 5.74) is 0. The quantitative estimate of drug-likeness (QED) is 0.783. The highest BCUT2D eigenvalue weighted by Crippen LogP contribution is 2.43. The van der Waals surface area contributed by atoms with Crippen LogP contribution in [0.25, 0.3) is 0 Å². The monoisotopic (exact) mass is 233 g/mol. The minimum atomic E-state index is 0.517. The fourth-order valence-electron chi connectivity index (χ4n) is 3.10.